The van der Waals surface area contributed by atoms with Gasteiger partial charge >= 0.3 is 0 Å². The third kappa shape index (κ3) is 4.43. The molecule has 0 fully saturated rings. The first kappa shape index (κ1) is 12.7. The smallest absolute Gasteiger partial charge is 0.211 e. The van der Waals surface area contributed by atoms with Gasteiger partial charge in [0.05, 0.1) is 6.07 Å². The molecule has 5 heteroatoms. The summed E-state index contributed by atoms with van der Waals surface area (Å²) in [6.07, 6.45) is 0.617. The highest BCUT2D eigenvalue weighted by Crippen LogP contribution is 2.03. The van der Waals surface area contributed by atoms with Crippen LogP contribution in [0.2, 0.25) is 0 Å². The molecule has 1 N–H and O–H groups in total. The van der Waals surface area contributed by atoms with Crippen molar-refractivity contribution in [1.29, 1.82) is 5.26 Å². The van der Waals surface area contributed by atoms with E-state index in [2.05, 4.69) is 4.72 Å². The van der Waals surface area contributed by atoms with Crippen LogP contribution in [0.25, 0.3) is 0 Å². The maximum atomic E-state index is 11.3. The molecule has 16 heavy (non-hydrogen) atoms. The minimum absolute atomic E-state index is 0.208. The predicted molar refractivity (Wildman–Crippen MR) is 62.1 cm³/mol. The van der Waals surface area contributed by atoms with Gasteiger partial charge in [0.25, 0.3) is 0 Å². The molecule has 4 nitrogen and oxygen atoms in total. The lowest BCUT2D eigenvalue weighted by atomic mass is 10.1. The van der Waals surface area contributed by atoms with E-state index in [9.17, 15) is 8.42 Å². The van der Waals surface area contributed by atoms with Gasteiger partial charge in [0.15, 0.2) is 5.75 Å². The third-order valence-electron chi connectivity index (χ3n) is 2.02. The van der Waals surface area contributed by atoms with Gasteiger partial charge in [-0.05, 0) is 18.9 Å². The summed E-state index contributed by atoms with van der Waals surface area (Å²) in [4.78, 5) is 0. The first-order valence-electron chi connectivity index (χ1n) is 4.94. The van der Waals surface area contributed by atoms with Crippen molar-refractivity contribution >= 4 is 10.0 Å². The van der Waals surface area contributed by atoms with E-state index in [4.69, 9.17) is 5.26 Å². The number of nitrogens with one attached hydrogen (secondary N) is 1. The van der Waals surface area contributed by atoms with Crippen LogP contribution in [0.1, 0.15) is 12.5 Å². The maximum Gasteiger partial charge on any atom is 0.225 e. The van der Waals surface area contributed by atoms with Crippen LogP contribution >= 0.6 is 0 Å². The molecule has 1 aromatic carbocycles. The summed E-state index contributed by atoms with van der Waals surface area (Å²) in [5, 5.41) is 8.34. The van der Waals surface area contributed by atoms with Gasteiger partial charge in [-0.3, -0.25) is 0 Å². The number of rotatable bonds is 5. The number of benzene rings is 1. The number of hydrogen-bond acceptors (Lipinski definition) is 3. The summed E-state index contributed by atoms with van der Waals surface area (Å²) < 4.78 is 25.1. The molecule has 0 aliphatic carbocycles. The van der Waals surface area contributed by atoms with Crippen molar-refractivity contribution in [3.63, 3.8) is 0 Å². The lowest BCUT2D eigenvalue weighted by Crippen LogP contribution is -2.35. The Morgan fingerprint density at radius 1 is 1.38 bits per heavy atom. The first-order chi connectivity index (χ1) is 7.53. The second-order valence-corrected chi connectivity index (χ2v) is 5.38. The van der Waals surface area contributed by atoms with Crippen molar-refractivity contribution in [3.8, 4) is 6.07 Å². The minimum atomic E-state index is -3.46. The van der Waals surface area contributed by atoms with E-state index in [1.165, 1.54) is 0 Å². The van der Waals surface area contributed by atoms with Crippen molar-refractivity contribution in [3.05, 3.63) is 35.9 Å². The largest absolute Gasteiger partial charge is 0.225 e. The maximum absolute atomic E-state index is 11.3. The van der Waals surface area contributed by atoms with Crippen LogP contribution in [0.15, 0.2) is 30.3 Å². The molecule has 0 aliphatic heterocycles. The quantitative estimate of drug-likeness (QED) is 0.834. The van der Waals surface area contributed by atoms with E-state index in [0.717, 1.165) is 5.56 Å². The van der Waals surface area contributed by atoms with Crippen LogP contribution in [-0.2, 0) is 16.4 Å². The van der Waals surface area contributed by atoms with Crippen molar-refractivity contribution in [2.24, 2.45) is 0 Å². The summed E-state index contributed by atoms with van der Waals surface area (Å²) in [7, 11) is -3.46. The van der Waals surface area contributed by atoms with E-state index in [1.807, 2.05) is 30.3 Å². The summed E-state index contributed by atoms with van der Waals surface area (Å²) in [6.45, 7) is 1.78. The molecular weight excluding hydrogens is 224 g/mol. The Morgan fingerprint density at radius 2 is 2.00 bits per heavy atom. The second kappa shape index (κ2) is 5.64. The second-order valence-electron chi connectivity index (χ2n) is 3.63. The van der Waals surface area contributed by atoms with Gasteiger partial charge in [0.2, 0.25) is 10.0 Å². The molecule has 0 saturated carbocycles. The molecule has 0 aliphatic rings. The van der Waals surface area contributed by atoms with Crippen LogP contribution < -0.4 is 4.72 Å². The van der Waals surface area contributed by atoms with Crippen LogP contribution in [0.3, 0.4) is 0 Å². The summed E-state index contributed by atoms with van der Waals surface area (Å²) >= 11 is 0. The molecule has 0 heterocycles. The zero-order valence-electron chi connectivity index (χ0n) is 9.05. The van der Waals surface area contributed by atoms with Crippen molar-refractivity contribution < 1.29 is 8.42 Å². The van der Waals surface area contributed by atoms with Gasteiger partial charge in [-0.2, -0.15) is 5.26 Å². The molecule has 86 valence electrons. The molecular formula is C11H14N2O2S. The number of hydrogen-bond donors (Lipinski definition) is 1. The van der Waals surface area contributed by atoms with E-state index < -0.39 is 15.8 Å². The molecule has 1 unspecified atom stereocenters. The van der Waals surface area contributed by atoms with Gasteiger partial charge < -0.3 is 0 Å². The molecule has 1 aromatic rings. The zero-order valence-corrected chi connectivity index (χ0v) is 9.87. The van der Waals surface area contributed by atoms with Gasteiger partial charge in [0, 0.05) is 6.04 Å². The Bertz CT molecular complexity index is 463. The highest BCUT2D eigenvalue weighted by atomic mass is 32.2. The molecule has 0 aromatic heterocycles. The average Bonchev–Trinajstić information content (AvgIpc) is 2.17. The van der Waals surface area contributed by atoms with E-state index >= 15 is 0 Å². The zero-order chi connectivity index (χ0) is 12.0. The lowest BCUT2D eigenvalue weighted by Gasteiger charge is -2.12. The number of nitrogens with zero attached hydrogens (tertiary/aromatic N) is 1. The molecule has 1 atom stereocenters. The van der Waals surface area contributed by atoms with Gasteiger partial charge in [0.1, 0.15) is 0 Å². The standard InChI is InChI=1S/C11H14N2O2S/c1-10(13-16(14,15)8-7-12)9-11-5-3-2-4-6-11/h2-6,10,13H,8-9H2,1H3. The molecule has 0 saturated heterocycles. The van der Waals surface area contributed by atoms with Gasteiger partial charge in [-0.25, -0.2) is 13.1 Å². The average molecular weight is 238 g/mol. The predicted octanol–water partition coefficient (Wildman–Crippen LogP) is 1.06. The highest BCUT2D eigenvalue weighted by Gasteiger charge is 2.13. The van der Waals surface area contributed by atoms with E-state index in [0.29, 0.717) is 6.42 Å². The normalized spacial score (nSPS) is 13.0. The summed E-state index contributed by atoms with van der Waals surface area (Å²) in [6, 6.07) is 11.0. The van der Waals surface area contributed by atoms with Crippen molar-refractivity contribution in [1.82, 2.24) is 4.72 Å². The lowest BCUT2D eigenvalue weighted by molar-refractivity contribution is 0.563. The summed E-state index contributed by atoms with van der Waals surface area (Å²) in [5.41, 5.74) is 1.06. The van der Waals surface area contributed by atoms with Gasteiger partial charge in [-0.1, -0.05) is 30.3 Å². The third-order valence-corrected chi connectivity index (χ3v) is 3.29. The monoisotopic (exact) mass is 238 g/mol. The van der Waals surface area contributed by atoms with Crippen LogP contribution in [-0.4, -0.2) is 20.2 Å². The number of sulfonamides is 1. The van der Waals surface area contributed by atoms with E-state index in [-0.39, 0.29) is 6.04 Å². The van der Waals surface area contributed by atoms with Crippen molar-refractivity contribution in [2.75, 3.05) is 5.75 Å². The minimum Gasteiger partial charge on any atom is -0.211 e. The SMILES string of the molecule is CC(Cc1ccccc1)NS(=O)(=O)CC#N. The molecule has 0 bridgehead atoms. The molecule has 1 rings (SSSR count). The van der Waals surface area contributed by atoms with Crippen LogP contribution in [0.4, 0.5) is 0 Å². The Labute approximate surface area is 96.0 Å². The van der Waals surface area contributed by atoms with Crippen LogP contribution in [0.5, 0.6) is 0 Å². The van der Waals surface area contributed by atoms with Crippen molar-refractivity contribution in [2.45, 2.75) is 19.4 Å². The highest BCUT2D eigenvalue weighted by molar-refractivity contribution is 7.89. The molecule has 0 radical (unpaired) electrons. The Morgan fingerprint density at radius 3 is 2.56 bits per heavy atom. The Balaban J connectivity index is 2.55. The first-order valence-corrected chi connectivity index (χ1v) is 6.59. The van der Waals surface area contributed by atoms with Gasteiger partial charge in [-0.15, -0.1) is 0 Å². The molecule has 0 spiro atoms. The fraction of sp³-hybridized carbons (Fsp3) is 0.364. The summed E-state index contributed by atoms with van der Waals surface area (Å²) in [5.74, 6) is -0.494. The number of nitriles is 1. The van der Waals surface area contributed by atoms with E-state index in [1.54, 1.807) is 13.0 Å². The Hall–Kier alpha value is -1.38. The fourth-order valence-corrected chi connectivity index (χ4v) is 2.39. The molecule has 0 amide bonds. The fourth-order valence-electron chi connectivity index (χ4n) is 1.44. The van der Waals surface area contributed by atoms with Crippen LogP contribution in [0, 0.1) is 11.3 Å². The topological polar surface area (TPSA) is 70.0 Å². The Kier molecular flexibility index (Phi) is 4.47.